The average molecular weight is 495 g/mol. The highest BCUT2D eigenvalue weighted by atomic mass is 31.2. The number of hydrogen-bond acceptors (Lipinski definition) is 11. The molecule has 1 aromatic rings. The van der Waals surface area contributed by atoms with Crippen LogP contribution in [0.2, 0.25) is 0 Å². The van der Waals surface area contributed by atoms with Crippen molar-refractivity contribution in [1.29, 1.82) is 0 Å². The number of terminal acetylenes is 1. The van der Waals surface area contributed by atoms with Crippen LogP contribution in [0.15, 0.2) is 18.2 Å². The number of phenols is 2. The summed E-state index contributed by atoms with van der Waals surface area (Å²) in [5.41, 5.74) is -0.143. The third kappa shape index (κ3) is 9.18. The van der Waals surface area contributed by atoms with Crippen LogP contribution in [0.5, 0.6) is 11.5 Å². The zero-order valence-corrected chi connectivity index (χ0v) is 19.7. The maximum absolute atomic E-state index is 12.7. The Kier molecular flexibility index (Phi) is 11.8. The summed E-state index contributed by atoms with van der Waals surface area (Å²) >= 11 is 0. The van der Waals surface area contributed by atoms with Gasteiger partial charge in [-0.15, -0.1) is 0 Å². The van der Waals surface area contributed by atoms with Crippen LogP contribution in [-0.4, -0.2) is 55.2 Å². The molecule has 0 spiro atoms. The van der Waals surface area contributed by atoms with Crippen LogP contribution in [0.1, 0.15) is 31.1 Å². The van der Waals surface area contributed by atoms with Crippen molar-refractivity contribution in [2.75, 3.05) is 33.0 Å². The summed E-state index contributed by atoms with van der Waals surface area (Å²) in [5.74, 6) is -1.44. The number of phosphoric ester groups is 2. The number of phosphoric acid groups is 2. The lowest BCUT2D eigenvalue weighted by molar-refractivity contribution is 0.0436. The molecule has 0 radical (unpaired) electrons. The van der Waals surface area contributed by atoms with E-state index in [0.29, 0.717) is 0 Å². The van der Waals surface area contributed by atoms with Gasteiger partial charge in [0.05, 0.1) is 32.0 Å². The number of amides is 1. The Hall–Kier alpha value is -2.09. The molecule has 14 heteroatoms. The minimum absolute atomic E-state index is 0.00373. The summed E-state index contributed by atoms with van der Waals surface area (Å²) in [4.78, 5) is 12.4. The van der Waals surface area contributed by atoms with Crippen LogP contribution in [-0.2, 0) is 36.3 Å². The van der Waals surface area contributed by atoms with Gasteiger partial charge in [0.1, 0.15) is 23.7 Å². The molecule has 2 unspecified atom stereocenters. The highest BCUT2D eigenvalue weighted by molar-refractivity contribution is 7.49. The molecule has 0 aliphatic carbocycles. The summed E-state index contributed by atoms with van der Waals surface area (Å²) in [6.07, 6.45) is 5.49. The van der Waals surface area contributed by atoms with Crippen LogP contribution >= 0.6 is 15.6 Å². The van der Waals surface area contributed by atoms with Gasteiger partial charge in [0, 0.05) is 12.6 Å². The van der Waals surface area contributed by atoms with Gasteiger partial charge < -0.3 is 20.1 Å². The number of nitrogens with one attached hydrogen (secondary N) is 1. The van der Waals surface area contributed by atoms with Crippen LogP contribution in [0.25, 0.3) is 0 Å². The molecular formula is C18H27NO11P2. The van der Waals surface area contributed by atoms with Gasteiger partial charge in [-0.2, -0.15) is 0 Å². The fourth-order valence-corrected chi connectivity index (χ4v) is 4.53. The second-order valence-electron chi connectivity index (χ2n) is 5.79. The van der Waals surface area contributed by atoms with E-state index in [0.717, 1.165) is 6.07 Å². The minimum atomic E-state index is -4.16. The molecule has 0 aliphatic heterocycles. The molecular weight excluding hydrogens is 468 g/mol. The predicted octanol–water partition coefficient (Wildman–Crippen LogP) is 3.16. The monoisotopic (exact) mass is 495 g/mol. The van der Waals surface area contributed by atoms with Crippen molar-refractivity contribution in [1.82, 2.24) is 5.32 Å². The second-order valence-corrected chi connectivity index (χ2v) is 9.01. The molecule has 0 fully saturated rings. The first-order valence-electron chi connectivity index (χ1n) is 9.52. The van der Waals surface area contributed by atoms with E-state index in [2.05, 4.69) is 9.84 Å². The Morgan fingerprint density at radius 3 is 2.19 bits per heavy atom. The minimum Gasteiger partial charge on any atom is -0.508 e. The van der Waals surface area contributed by atoms with Gasteiger partial charge in [-0.05, 0) is 32.9 Å². The topological polar surface area (TPSA) is 159 Å². The Labute approximate surface area is 186 Å². The number of carbonyl (C=O) groups is 1. The Balaban J connectivity index is 2.99. The maximum Gasteiger partial charge on any atom is 0.538 e. The predicted molar refractivity (Wildman–Crippen MR) is 113 cm³/mol. The lowest BCUT2D eigenvalue weighted by Gasteiger charge is -2.24. The molecule has 0 bridgehead atoms. The second kappa shape index (κ2) is 13.5. The lowest BCUT2D eigenvalue weighted by atomic mass is 10.1. The smallest absolute Gasteiger partial charge is 0.508 e. The standard InChI is InChI=1S/C18H27NO11P2/c1-5-25-31(23,26-6-2)29-13-15(30-32(24,27-7-3)28-8-4)12-19-18(22)16-10-9-14(20)11-17(16)21/h1,9-11,15,20-21H,6-8,12-13H2,2-4H3,(H,19,22). The van der Waals surface area contributed by atoms with Crippen molar-refractivity contribution in [3.8, 4) is 24.0 Å². The number of hydrogen-bond donors (Lipinski definition) is 3. The van der Waals surface area contributed by atoms with Gasteiger partial charge in [-0.1, -0.05) is 6.42 Å². The van der Waals surface area contributed by atoms with Crippen molar-refractivity contribution in [3.63, 3.8) is 0 Å². The van der Waals surface area contributed by atoms with E-state index in [1.165, 1.54) is 19.1 Å². The normalized spacial score (nSPS) is 14.2. The molecule has 0 saturated carbocycles. The molecule has 0 saturated heterocycles. The van der Waals surface area contributed by atoms with Crippen LogP contribution < -0.4 is 5.32 Å². The van der Waals surface area contributed by atoms with Crippen molar-refractivity contribution in [2.45, 2.75) is 26.9 Å². The fourth-order valence-electron chi connectivity index (χ4n) is 2.22. The highest BCUT2D eigenvalue weighted by Crippen LogP contribution is 2.52. The summed E-state index contributed by atoms with van der Waals surface area (Å²) in [6.45, 7) is 3.73. The van der Waals surface area contributed by atoms with Gasteiger partial charge in [-0.3, -0.25) is 27.4 Å². The van der Waals surface area contributed by atoms with Gasteiger partial charge in [-0.25, -0.2) is 9.13 Å². The SMILES string of the molecule is C#COP(=O)(OCC)OCC(CNC(=O)c1ccc(O)cc1O)OP(=O)(OCC)OCC. The third-order valence-electron chi connectivity index (χ3n) is 3.44. The molecule has 12 nitrogen and oxygen atoms in total. The van der Waals surface area contributed by atoms with E-state index >= 15 is 0 Å². The zero-order valence-electron chi connectivity index (χ0n) is 17.9. The number of phenolic OH excluding ortho intramolecular Hbond substituents is 2. The summed E-state index contributed by atoms with van der Waals surface area (Å²) in [6, 6.07) is 3.39. The van der Waals surface area contributed by atoms with E-state index < -0.39 is 40.0 Å². The molecule has 1 aromatic carbocycles. The van der Waals surface area contributed by atoms with Crippen molar-refractivity contribution >= 4 is 21.6 Å². The van der Waals surface area contributed by atoms with E-state index in [1.54, 1.807) is 20.0 Å². The van der Waals surface area contributed by atoms with Crippen LogP contribution in [0.3, 0.4) is 0 Å². The quantitative estimate of drug-likeness (QED) is 0.242. The zero-order chi connectivity index (χ0) is 24.2. The van der Waals surface area contributed by atoms with E-state index in [1.807, 2.05) is 0 Å². The first-order valence-corrected chi connectivity index (χ1v) is 12.4. The Morgan fingerprint density at radius 1 is 1.06 bits per heavy atom. The summed E-state index contributed by atoms with van der Waals surface area (Å²) < 4.78 is 55.3. The lowest BCUT2D eigenvalue weighted by Crippen LogP contribution is -2.36. The van der Waals surface area contributed by atoms with Gasteiger partial charge >= 0.3 is 15.6 Å². The van der Waals surface area contributed by atoms with Gasteiger partial charge in [0.15, 0.2) is 0 Å². The molecule has 32 heavy (non-hydrogen) atoms. The molecule has 3 N–H and O–H groups in total. The van der Waals surface area contributed by atoms with E-state index in [-0.39, 0.29) is 37.7 Å². The van der Waals surface area contributed by atoms with Crippen LogP contribution in [0, 0.1) is 12.5 Å². The first kappa shape index (κ1) is 27.9. The molecule has 0 aliphatic rings. The fraction of sp³-hybridized carbons (Fsp3) is 0.500. The van der Waals surface area contributed by atoms with E-state index in [4.69, 9.17) is 29.0 Å². The number of aromatic hydroxyl groups is 2. The molecule has 0 aromatic heterocycles. The Bertz CT molecular complexity index is 876. The average Bonchev–Trinajstić information content (AvgIpc) is 2.70. The highest BCUT2D eigenvalue weighted by Gasteiger charge is 2.34. The molecule has 180 valence electrons. The van der Waals surface area contributed by atoms with Crippen LogP contribution in [0.4, 0.5) is 0 Å². The first-order chi connectivity index (χ1) is 15.1. The van der Waals surface area contributed by atoms with E-state index in [9.17, 15) is 24.1 Å². The maximum atomic E-state index is 12.7. The molecule has 0 heterocycles. The van der Waals surface area contributed by atoms with Crippen molar-refractivity contribution in [3.05, 3.63) is 23.8 Å². The summed E-state index contributed by atoms with van der Waals surface area (Å²) in [7, 11) is -8.22. The van der Waals surface area contributed by atoms with Gasteiger partial charge in [0.25, 0.3) is 5.91 Å². The summed E-state index contributed by atoms with van der Waals surface area (Å²) in [5, 5.41) is 21.6. The molecule has 2 atom stereocenters. The molecule has 1 amide bonds. The molecule has 1 rings (SSSR count). The van der Waals surface area contributed by atoms with Crippen molar-refractivity contribution in [2.24, 2.45) is 0 Å². The third-order valence-corrected chi connectivity index (χ3v) is 6.51. The Morgan fingerprint density at radius 2 is 1.66 bits per heavy atom. The largest absolute Gasteiger partial charge is 0.538 e. The number of carbonyl (C=O) groups excluding carboxylic acids is 1. The number of benzene rings is 1. The van der Waals surface area contributed by atoms with Crippen molar-refractivity contribution < 1.29 is 51.3 Å². The number of rotatable bonds is 15. The van der Waals surface area contributed by atoms with Gasteiger partial charge in [0.2, 0.25) is 0 Å².